The fourth-order valence-electron chi connectivity index (χ4n) is 3.89. The molecule has 0 radical (unpaired) electrons. The molecular weight excluding hydrogens is 427 g/mol. The van der Waals surface area contributed by atoms with Gasteiger partial charge in [-0.25, -0.2) is 9.97 Å². The summed E-state index contributed by atoms with van der Waals surface area (Å²) in [7, 11) is 0. The molecule has 0 spiro atoms. The molecule has 0 aromatic carbocycles. The van der Waals surface area contributed by atoms with Crippen LogP contribution in [-0.4, -0.2) is 43.6 Å². The number of hydrogen-bond acceptors (Lipinski definition) is 5. The van der Waals surface area contributed by atoms with Gasteiger partial charge in [-0.05, 0) is 50.3 Å². The number of nitrogens with zero attached hydrogens (tertiary/aromatic N) is 5. The van der Waals surface area contributed by atoms with Crippen LogP contribution in [0, 0.1) is 6.92 Å². The molecule has 0 aliphatic carbocycles. The molecule has 2 unspecified atom stereocenters. The molecule has 3 aromatic rings. The van der Waals surface area contributed by atoms with Crippen molar-refractivity contribution in [1.29, 1.82) is 0 Å². The zero-order valence-electron chi connectivity index (χ0n) is 17.1. The lowest BCUT2D eigenvalue weighted by Gasteiger charge is -2.34. The predicted molar refractivity (Wildman–Crippen MR) is 111 cm³/mol. The van der Waals surface area contributed by atoms with Crippen LogP contribution < -0.4 is 0 Å². The van der Waals surface area contributed by atoms with Crippen molar-refractivity contribution in [3.63, 3.8) is 0 Å². The first kappa shape index (κ1) is 21.5. The van der Waals surface area contributed by atoms with Gasteiger partial charge in [-0.1, -0.05) is 6.07 Å². The molecule has 0 saturated carbocycles. The molecule has 31 heavy (non-hydrogen) atoms. The number of halogens is 3. The van der Waals surface area contributed by atoms with Gasteiger partial charge in [0.05, 0.1) is 10.6 Å². The van der Waals surface area contributed by atoms with E-state index in [1.807, 2.05) is 13.0 Å². The Hall–Kier alpha value is -2.75. The monoisotopic (exact) mass is 449 g/mol. The lowest BCUT2D eigenvalue weighted by molar-refractivity contribution is -0.141. The van der Waals surface area contributed by atoms with Crippen molar-refractivity contribution in [2.24, 2.45) is 0 Å². The number of likely N-dealkylation sites (tertiary alicyclic amines) is 1. The van der Waals surface area contributed by atoms with Crippen LogP contribution in [0.15, 0.2) is 35.8 Å². The lowest BCUT2D eigenvalue weighted by atomic mass is 9.96. The quantitative estimate of drug-likeness (QED) is 0.579. The number of thiophene rings is 1. The summed E-state index contributed by atoms with van der Waals surface area (Å²) in [4.78, 5) is 23.7. The summed E-state index contributed by atoms with van der Waals surface area (Å²) in [5, 5.41) is 6.00. The van der Waals surface area contributed by atoms with Gasteiger partial charge in [-0.3, -0.25) is 9.48 Å². The van der Waals surface area contributed by atoms with Gasteiger partial charge in [0.15, 0.2) is 0 Å². The van der Waals surface area contributed by atoms with Crippen molar-refractivity contribution in [3.8, 4) is 10.6 Å². The highest BCUT2D eigenvalue weighted by Gasteiger charge is 2.36. The minimum absolute atomic E-state index is 0.109. The molecule has 4 heterocycles. The van der Waals surface area contributed by atoms with Crippen LogP contribution in [0.4, 0.5) is 13.2 Å². The number of amides is 1. The number of alkyl halides is 3. The second-order valence-corrected chi connectivity index (χ2v) is 8.64. The van der Waals surface area contributed by atoms with Gasteiger partial charge < -0.3 is 4.90 Å². The van der Waals surface area contributed by atoms with E-state index in [1.54, 1.807) is 40.2 Å². The average molecular weight is 450 g/mol. The third-order valence-corrected chi connectivity index (χ3v) is 6.39. The van der Waals surface area contributed by atoms with Crippen molar-refractivity contribution in [2.45, 2.75) is 44.8 Å². The van der Waals surface area contributed by atoms with E-state index in [0.717, 1.165) is 11.8 Å². The molecule has 1 aliphatic heterocycles. The second-order valence-electron chi connectivity index (χ2n) is 7.69. The van der Waals surface area contributed by atoms with E-state index in [9.17, 15) is 18.0 Å². The Bertz CT molecular complexity index is 1060. The second kappa shape index (κ2) is 8.41. The third-order valence-electron chi connectivity index (χ3n) is 5.50. The SMILES string of the molecule is Cc1ccnn1C(C)C(=O)N1CCCC(c2nc(-c3cccs3)cc(C(F)(F)F)n2)C1. The molecule has 164 valence electrons. The van der Waals surface area contributed by atoms with Gasteiger partial charge in [-0.15, -0.1) is 11.3 Å². The zero-order valence-corrected chi connectivity index (χ0v) is 18.0. The Labute approximate surface area is 181 Å². The molecular formula is C21H22F3N5OS. The largest absolute Gasteiger partial charge is 0.433 e. The molecule has 4 rings (SSSR count). The molecule has 10 heteroatoms. The summed E-state index contributed by atoms with van der Waals surface area (Å²) in [5.74, 6) is -0.328. The van der Waals surface area contributed by atoms with Gasteiger partial charge in [-0.2, -0.15) is 18.3 Å². The summed E-state index contributed by atoms with van der Waals surface area (Å²) in [6.07, 6.45) is -1.62. The summed E-state index contributed by atoms with van der Waals surface area (Å²) < 4.78 is 42.2. The Kier molecular flexibility index (Phi) is 5.83. The van der Waals surface area contributed by atoms with Crippen molar-refractivity contribution < 1.29 is 18.0 Å². The number of rotatable bonds is 4. The third kappa shape index (κ3) is 4.48. The van der Waals surface area contributed by atoms with E-state index in [2.05, 4.69) is 15.1 Å². The number of piperidine rings is 1. The minimum Gasteiger partial charge on any atom is -0.340 e. The van der Waals surface area contributed by atoms with Crippen LogP contribution in [0.5, 0.6) is 0 Å². The van der Waals surface area contributed by atoms with E-state index in [-0.39, 0.29) is 29.9 Å². The van der Waals surface area contributed by atoms with Gasteiger partial charge >= 0.3 is 6.18 Å². The first-order chi connectivity index (χ1) is 14.7. The van der Waals surface area contributed by atoms with Crippen LogP contribution >= 0.6 is 11.3 Å². The molecule has 0 N–H and O–H groups in total. The average Bonchev–Trinajstić information content (AvgIpc) is 3.44. The molecule has 6 nitrogen and oxygen atoms in total. The Morgan fingerprint density at radius 2 is 2.10 bits per heavy atom. The molecule has 3 aromatic heterocycles. The number of aryl methyl sites for hydroxylation is 1. The maximum Gasteiger partial charge on any atom is 0.433 e. The number of aromatic nitrogens is 4. The van der Waals surface area contributed by atoms with Gasteiger partial charge in [0.1, 0.15) is 17.6 Å². The molecule has 1 saturated heterocycles. The van der Waals surface area contributed by atoms with Crippen molar-refractivity contribution in [2.75, 3.05) is 13.1 Å². The summed E-state index contributed by atoms with van der Waals surface area (Å²) in [6, 6.07) is 5.84. The van der Waals surface area contributed by atoms with E-state index in [4.69, 9.17) is 0 Å². The fourth-order valence-corrected chi connectivity index (χ4v) is 4.57. The van der Waals surface area contributed by atoms with Crippen LogP contribution in [0.3, 0.4) is 0 Å². The maximum absolute atomic E-state index is 13.5. The molecule has 1 amide bonds. The summed E-state index contributed by atoms with van der Waals surface area (Å²) >= 11 is 1.33. The number of carbonyl (C=O) groups is 1. The van der Waals surface area contributed by atoms with Crippen molar-refractivity contribution in [1.82, 2.24) is 24.6 Å². The fraction of sp³-hybridized carbons (Fsp3) is 0.429. The molecule has 0 bridgehead atoms. The van der Waals surface area contributed by atoms with Crippen molar-refractivity contribution >= 4 is 17.2 Å². The highest BCUT2D eigenvalue weighted by molar-refractivity contribution is 7.13. The van der Waals surface area contributed by atoms with Gasteiger partial charge in [0.2, 0.25) is 5.91 Å². The van der Waals surface area contributed by atoms with E-state index in [0.29, 0.717) is 24.3 Å². The topological polar surface area (TPSA) is 63.9 Å². The Morgan fingerprint density at radius 3 is 2.74 bits per heavy atom. The number of hydrogen-bond donors (Lipinski definition) is 0. The summed E-state index contributed by atoms with van der Waals surface area (Å²) in [5.41, 5.74) is 0.178. The maximum atomic E-state index is 13.5. The normalized spacial score (nSPS) is 18.2. The molecule has 1 fully saturated rings. The van der Waals surface area contributed by atoms with Crippen molar-refractivity contribution in [3.05, 3.63) is 53.1 Å². The van der Waals surface area contributed by atoms with Crippen LogP contribution in [-0.2, 0) is 11.0 Å². The molecule has 1 aliphatic rings. The van der Waals surface area contributed by atoms with E-state index in [1.165, 1.54) is 11.3 Å². The first-order valence-electron chi connectivity index (χ1n) is 10.0. The van der Waals surface area contributed by atoms with Crippen LogP contribution in [0.1, 0.15) is 48.9 Å². The van der Waals surface area contributed by atoms with E-state index < -0.39 is 17.9 Å². The zero-order chi connectivity index (χ0) is 22.2. The smallest absolute Gasteiger partial charge is 0.340 e. The minimum atomic E-state index is -4.57. The molecule has 2 atom stereocenters. The first-order valence-corrected chi connectivity index (χ1v) is 10.9. The number of carbonyl (C=O) groups excluding carboxylic acids is 1. The standard InChI is InChI=1S/C21H22F3N5OS/c1-13-7-8-25-29(13)14(2)20(30)28-9-3-5-15(12-28)19-26-16(17-6-4-10-31-17)11-18(27-19)21(22,23)24/h4,6-8,10-11,14-15H,3,5,9,12H2,1-2H3. The van der Waals surface area contributed by atoms with Crippen LogP contribution in [0.2, 0.25) is 0 Å². The van der Waals surface area contributed by atoms with Gasteiger partial charge in [0.25, 0.3) is 0 Å². The predicted octanol–water partition coefficient (Wildman–Crippen LogP) is 4.70. The summed E-state index contributed by atoms with van der Waals surface area (Å²) in [6.45, 7) is 4.49. The van der Waals surface area contributed by atoms with Gasteiger partial charge in [0, 0.05) is 30.9 Å². The Morgan fingerprint density at radius 1 is 1.29 bits per heavy atom. The Balaban J connectivity index is 1.61. The highest BCUT2D eigenvalue weighted by Crippen LogP contribution is 2.34. The lowest BCUT2D eigenvalue weighted by Crippen LogP contribution is -2.43. The van der Waals surface area contributed by atoms with E-state index >= 15 is 0 Å². The highest BCUT2D eigenvalue weighted by atomic mass is 32.1. The van der Waals surface area contributed by atoms with Crippen LogP contribution in [0.25, 0.3) is 10.6 Å².